The van der Waals surface area contributed by atoms with Crippen molar-refractivity contribution < 1.29 is 28.4 Å². The van der Waals surface area contributed by atoms with Crippen LogP contribution in [0.15, 0.2) is 12.7 Å². The van der Waals surface area contributed by atoms with Crippen molar-refractivity contribution in [2.75, 3.05) is 18.7 Å². The van der Waals surface area contributed by atoms with E-state index in [4.69, 9.17) is 19.9 Å². The summed E-state index contributed by atoms with van der Waals surface area (Å²) in [6.45, 7) is 9.34. The van der Waals surface area contributed by atoms with Crippen molar-refractivity contribution >= 4 is 36.4 Å². The molecule has 0 aliphatic heterocycles. The predicted octanol–water partition coefficient (Wildman–Crippen LogP) is 3.92. The number of aromatic nitrogens is 4. The summed E-state index contributed by atoms with van der Waals surface area (Å²) in [7, 11) is -3.69. The molecule has 1 aliphatic carbocycles. The number of unbranched alkanes of at least 4 members (excludes halogenated alkanes) is 3. The SMILES string of the molecule is CCCCCCOC(=O)C(C)(C)N[P@](=O)(CO[C@H](C)Cn1cnc2c(N)ncnc21)N[C@H](C)C(=O)OC1CCCC1. The van der Waals surface area contributed by atoms with Crippen molar-refractivity contribution in [1.82, 2.24) is 29.7 Å². The second-order valence-corrected chi connectivity index (χ2v) is 13.5. The predicted molar refractivity (Wildman–Crippen MR) is 156 cm³/mol. The van der Waals surface area contributed by atoms with Crippen molar-refractivity contribution in [2.45, 2.75) is 116 Å². The molecule has 0 radical (unpaired) electrons. The molecule has 0 aromatic carbocycles. The Labute approximate surface area is 242 Å². The van der Waals surface area contributed by atoms with E-state index < -0.39 is 37.1 Å². The van der Waals surface area contributed by atoms with Gasteiger partial charge < -0.3 is 24.5 Å². The summed E-state index contributed by atoms with van der Waals surface area (Å²) in [6.07, 6.45) is 9.65. The molecule has 2 heterocycles. The molecule has 4 N–H and O–H groups in total. The van der Waals surface area contributed by atoms with Crippen molar-refractivity contribution in [2.24, 2.45) is 0 Å². The molecule has 0 unspecified atom stereocenters. The van der Waals surface area contributed by atoms with Crippen LogP contribution in [-0.2, 0) is 34.9 Å². The third-order valence-electron chi connectivity index (χ3n) is 6.97. The zero-order chi connectivity index (χ0) is 30.0. The summed E-state index contributed by atoms with van der Waals surface area (Å²) < 4.78 is 33.1. The lowest BCUT2D eigenvalue weighted by Crippen LogP contribution is -2.50. The van der Waals surface area contributed by atoms with Gasteiger partial charge in [-0.15, -0.1) is 0 Å². The van der Waals surface area contributed by atoms with Gasteiger partial charge in [0.2, 0.25) is 7.44 Å². The monoisotopic (exact) mass is 595 g/mol. The zero-order valence-electron chi connectivity index (χ0n) is 24.9. The highest BCUT2D eigenvalue weighted by Gasteiger charge is 2.39. The van der Waals surface area contributed by atoms with Crippen LogP contribution < -0.4 is 15.9 Å². The number of esters is 2. The van der Waals surface area contributed by atoms with Crippen LogP contribution in [0.5, 0.6) is 0 Å². The standard InChI is InChI=1S/C27H46N7O6P/c1-6-7-8-11-14-38-26(36)27(4,5)33-41(37,32-20(3)25(35)40-21-12-9-10-13-21)18-39-19(2)15-34-17-31-22-23(28)29-16-30-24(22)34/h16-17,19-21H,6-15,18H2,1-5H3,(H2,28,29,30)(H2,32,33,37)/t19-,20-,41+/m1/s1. The average molecular weight is 596 g/mol. The lowest BCUT2D eigenvalue weighted by atomic mass is 10.1. The number of carbonyl (C=O) groups excluding carboxylic acids is 2. The van der Waals surface area contributed by atoms with Crippen molar-refractivity contribution in [1.29, 1.82) is 0 Å². The third-order valence-corrected chi connectivity index (χ3v) is 9.20. The molecule has 1 fully saturated rings. The fourth-order valence-corrected chi connectivity index (χ4v) is 7.10. The van der Waals surface area contributed by atoms with Gasteiger partial charge in [-0.2, -0.15) is 0 Å². The van der Waals surface area contributed by atoms with E-state index in [0.29, 0.717) is 17.7 Å². The van der Waals surface area contributed by atoms with Crippen LogP contribution in [0.1, 0.15) is 86.0 Å². The number of nitrogen functional groups attached to an aromatic ring is 1. The molecule has 230 valence electrons. The minimum Gasteiger partial charge on any atom is -0.464 e. The largest absolute Gasteiger partial charge is 0.464 e. The van der Waals surface area contributed by atoms with Crippen molar-refractivity contribution in [3.63, 3.8) is 0 Å². The number of nitrogens with one attached hydrogen (secondary N) is 2. The first-order chi connectivity index (χ1) is 19.4. The Morgan fingerprint density at radius 2 is 1.90 bits per heavy atom. The summed E-state index contributed by atoms with van der Waals surface area (Å²) in [5, 5.41) is 5.83. The number of ether oxygens (including phenoxy) is 3. The van der Waals surface area contributed by atoms with Gasteiger partial charge >= 0.3 is 11.9 Å². The topological polar surface area (TPSA) is 173 Å². The summed E-state index contributed by atoms with van der Waals surface area (Å²) in [5.74, 6) is -0.754. The molecule has 0 spiro atoms. The molecule has 14 heteroatoms. The minimum atomic E-state index is -3.69. The fourth-order valence-electron chi connectivity index (χ4n) is 4.71. The fraction of sp³-hybridized carbons (Fsp3) is 0.741. The molecule has 2 aromatic heterocycles. The van der Waals surface area contributed by atoms with Crippen LogP contribution >= 0.6 is 7.44 Å². The number of imidazole rings is 1. The van der Waals surface area contributed by atoms with Crippen molar-refractivity contribution in [3.05, 3.63) is 12.7 Å². The number of anilines is 1. The van der Waals surface area contributed by atoms with E-state index in [1.54, 1.807) is 31.7 Å². The maximum absolute atomic E-state index is 14.2. The highest BCUT2D eigenvalue weighted by Crippen LogP contribution is 2.40. The van der Waals surface area contributed by atoms with Crippen LogP contribution in [0.2, 0.25) is 0 Å². The maximum Gasteiger partial charge on any atom is 0.326 e. The van der Waals surface area contributed by atoms with Crippen LogP contribution in [-0.4, -0.2) is 68.2 Å². The Bertz CT molecular complexity index is 1200. The highest BCUT2D eigenvalue weighted by molar-refractivity contribution is 7.59. The molecule has 2 aromatic rings. The van der Waals surface area contributed by atoms with Gasteiger partial charge in [0.05, 0.1) is 25.6 Å². The van der Waals surface area contributed by atoms with E-state index in [1.807, 2.05) is 6.92 Å². The van der Waals surface area contributed by atoms with E-state index >= 15 is 0 Å². The number of nitrogens with zero attached hydrogens (tertiary/aromatic N) is 4. The molecular weight excluding hydrogens is 549 g/mol. The lowest BCUT2D eigenvalue weighted by Gasteiger charge is -2.32. The van der Waals surface area contributed by atoms with Gasteiger partial charge in [-0.1, -0.05) is 26.2 Å². The molecule has 1 aliphatic rings. The number of hydrogen-bond acceptors (Lipinski definition) is 10. The van der Waals surface area contributed by atoms with Crippen LogP contribution in [0.3, 0.4) is 0 Å². The Morgan fingerprint density at radius 1 is 1.17 bits per heavy atom. The molecule has 41 heavy (non-hydrogen) atoms. The van der Waals surface area contributed by atoms with Crippen molar-refractivity contribution in [3.8, 4) is 0 Å². The summed E-state index contributed by atoms with van der Waals surface area (Å²) in [5.41, 5.74) is 5.61. The molecule has 0 bridgehead atoms. The second-order valence-electron chi connectivity index (χ2n) is 11.3. The summed E-state index contributed by atoms with van der Waals surface area (Å²) in [4.78, 5) is 38.2. The Balaban J connectivity index is 1.67. The Kier molecular flexibility index (Phi) is 12.1. The van der Waals surface area contributed by atoms with Crippen LogP contribution in [0.4, 0.5) is 5.82 Å². The molecule has 1 saturated carbocycles. The van der Waals surface area contributed by atoms with Gasteiger partial charge in [0, 0.05) is 0 Å². The number of fused-ring (bicyclic) bond motifs is 1. The summed E-state index contributed by atoms with van der Waals surface area (Å²) in [6, 6.07) is -0.897. The van der Waals surface area contributed by atoms with Gasteiger partial charge in [0.25, 0.3) is 0 Å². The number of rotatable bonds is 17. The number of hydrogen-bond donors (Lipinski definition) is 3. The highest BCUT2D eigenvalue weighted by atomic mass is 31.2. The third kappa shape index (κ3) is 9.73. The van der Waals surface area contributed by atoms with E-state index in [-0.39, 0.29) is 24.9 Å². The zero-order valence-corrected chi connectivity index (χ0v) is 25.8. The van der Waals surface area contributed by atoms with E-state index in [2.05, 4.69) is 32.1 Å². The van der Waals surface area contributed by atoms with E-state index in [0.717, 1.165) is 51.4 Å². The molecule has 13 nitrogen and oxygen atoms in total. The van der Waals surface area contributed by atoms with Gasteiger partial charge in [0.15, 0.2) is 11.5 Å². The van der Waals surface area contributed by atoms with E-state index in [9.17, 15) is 14.2 Å². The first-order valence-corrected chi connectivity index (χ1v) is 16.4. The normalized spacial score (nSPS) is 17.3. The van der Waals surface area contributed by atoms with Crippen LogP contribution in [0, 0.1) is 0 Å². The first-order valence-electron chi connectivity index (χ1n) is 14.5. The molecular formula is C27H46N7O6P. The van der Waals surface area contributed by atoms with Gasteiger partial charge in [0.1, 0.15) is 35.9 Å². The maximum atomic E-state index is 14.2. The number of nitrogens with two attached hydrogens (primary N) is 1. The smallest absolute Gasteiger partial charge is 0.326 e. The summed E-state index contributed by atoms with van der Waals surface area (Å²) >= 11 is 0. The van der Waals surface area contributed by atoms with Crippen LogP contribution in [0.25, 0.3) is 11.2 Å². The molecule has 0 saturated heterocycles. The minimum absolute atomic E-state index is 0.127. The average Bonchev–Trinajstić information content (AvgIpc) is 3.58. The van der Waals surface area contributed by atoms with Gasteiger partial charge in [-0.25, -0.2) is 25.1 Å². The lowest BCUT2D eigenvalue weighted by molar-refractivity contribution is -0.150. The number of carbonyl (C=O) groups is 2. The first kappa shape index (κ1) is 32.9. The van der Waals surface area contributed by atoms with Gasteiger partial charge in [-0.3, -0.25) is 14.2 Å². The second kappa shape index (κ2) is 15.0. The molecule has 3 atom stereocenters. The molecule has 0 amide bonds. The van der Waals surface area contributed by atoms with E-state index in [1.165, 1.54) is 6.33 Å². The Morgan fingerprint density at radius 3 is 2.61 bits per heavy atom. The Hall–Kier alpha value is -2.60. The molecule has 3 rings (SSSR count). The quantitative estimate of drug-likeness (QED) is 0.137. The van der Waals surface area contributed by atoms with Gasteiger partial charge in [-0.05, 0) is 59.8 Å².